The van der Waals surface area contributed by atoms with Gasteiger partial charge in [-0.2, -0.15) is 0 Å². The van der Waals surface area contributed by atoms with Crippen molar-refractivity contribution in [3.05, 3.63) is 24.3 Å². The molecule has 0 heterocycles. The summed E-state index contributed by atoms with van der Waals surface area (Å²) < 4.78 is 32.5. The fourth-order valence-electron chi connectivity index (χ4n) is 2.27. The zero-order valence-electron chi connectivity index (χ0n) is 10.4. The average Bonchev–Trinajstić information content (AvgIpc) is 2.68. The number of fused-ring (bicyclic) bond motifs is 2. The third kappa shape index (κ3) is 1.40. The van der Waals surface area contributed by atoms with Crippen molar-refractivity contribution in [3.8, 4) is 0 Å². The molecule has 15 heavy (non-hydrogen) atoms. The summed E-state index contributed by atoms with van der Waals surface area (Å²) in [6.07, 6.45) is 4.59. The van der Waals surface area contributed by atoms with Crippen molar-refractivity contribution in [2.24, 2.45) is 11.8 Å². The Morgan fingerprint density at radius 1 is 1.47 bits per heavy atom. The van der Waals surface area contributed by atoms with Gasteiger partial charge in [0.05, 0.1) is 11.3 Å². The molecule has 0 aromatic rings. The quantitative estimate of drug-likeness (QED) is 0.644. The highest BCUT2D eigenvalue weighted by molar-refractivity contribution is 7.93. The predicted molar refractivity (Wildman–Crippen MR) is 62.3 cm³/mol. The third-order valence-electron chi connectivity index (χ3n) is 3.28. The van der Waals surface area contributed by atoms with Gasteiger partial charge in [-0.25, -0.2) is 8.42 Å². The van der Waals surface area contributed by atoms with E-state index in [4.69, 9.17) is 1.37 Å². The summed E-state index contributed by atoms with van der Waals surface area (Å²) in [6, 6.07) is 0. The summed E-state index contributed by atoms with van der Waals surface area (Å²) in [7, 11) is -3.54. The summed E-state index contributed by atoms with van der Waals surface area (Å²) in [5, 5.41) is -1.51. The molecule has 0 amide bonds. The van der Waals surface area contributed by atoms with E-state index in [1.807, 2.05) is 12.2 Å². The average molecular weight is 227 g/mol. The molecule has 0 N–H and O–H groups in total. The molecule has 3 atom stereocenters. The fraction of sp³-hybridized carbons (Fsp3) is 0.667. The lowest BCUT2D eigenvalue weighted by Gasteiger charge is -2.29. The molecule has 0 aromatic carbocycles. The van der Waals surface area contributed by atoms with Gasteiger partial charge in [-0.05, 0) is 39.0 Å². The van der Waals surface area contributed by atoms with Gasteiger partial charge in [-0.15, -0.1) is 0 Å². The molecule has 3 heteroatoms. The van der Waals surface area contributed by atoms with E-state index in [0.717, 1.165) is 6.42 Å². The Kier molecular flexibility index (Phi) is 1.91. The van der Waals surface area contributed by atoms with E-state index < -0.39 is 19.8 Å². The molecule has 2 nitrogen and oxygen atoms in total. The van der Waals surface area contributed by atoms with Gasteiger partial charge in [0.15, 0.2) is 9.84 Å². The van der Waals surface area contributed by atoms with Crippen LogP contribution < -0.4 is 0 Å². The molecule has 84 valence electrons. The second-order valence-corrected chi connectivity index (χ2v) is 8.01. The van der Waals surface area contributed by atoms with Gasteiger partial charge in [0.2, 0.25) is 0 Å². The monoisotopic (exact) mass is 227 g/mol. The van der Waals surface area contributed by atoms with E-state index in [1.165, 1.54) is 0 Å². The van der Waals surface area contributed by atoms with Crippen molar-refractivity contribution >= 4 is 9.84 Å². The van der Waals surface area contributed by atoms with Crippen molar-refractivity contribution in [3.63, 3.8) is 0 Å². The Balaban J connectivity index is 2.58. The number of allylic oxidation sites excluding steroid dienone is 2. The fourth-order valence-corrected chi connectivity index (χ4v) is 4.00. The van der Waals surface area contributed by atoms with Crippen molar-refractivity contribution in [1.29, 1.82) is 0 Å². The highest BCUT2D eigenvalue weighted by Gasteiger charge is 2.49. The highest BCUT2D eigenvalue weighted by Crippen LogP contribution is 2.47. The molecular weight excluding hydrogens is 208 g/mol. The van der Waals surface area contributed by atoms with Crippen LogP contribution in [0.15, 0.2) is 24.3 Å². The second-order valence-electron chi connectivity index (χ2n) is 5.34. The van der Waals surface area contributed by atoms with Crippen LogP contribution in [0.2, 0.25) is 0 Å². The van der Waals surface area contributed by atoms with E-state index in [-0.39, 0.29) is 11.8 Å². The molecule has 2 bridgehead atoms. The zero-order chi connectivity index (χ0) is 12.4. The van der Waals surface area contributed by atoms with Crippen LogP contribution in [-0.2, 0) is 9.84 Å². The summed E-state index contributed by atoms with van der Waals surface area (Å²) in [6.45, 7) is 8.82. The molecule has 0 aliphatic heterocycles. The first-order valence-corrected chi connectivity index (χ1v) is 6.72. The maximum Gasteiger partial charge on any atom is 0.162 e. The molecule has 0 spiro atoms. The minimum Gasteiger partial charge on any atom is -0.228 e. The first-order chi connectivity index (χ1) is 7.12. The first-order valence-electron chi connectivity index (χ1n) is 5.74. The zero-order valence-corrected chi connectivity index (χ0v) is 10.3. The first kappa shape index (κ1) is 9.64. The molecule has 0 saturated heterocycles. The minimum atomic E-state index is -3.54. The van der Waals surface area contributed by atoms with Gasteiger partial charge in [-0.1, -0.05) is 24.3 Å². The molecular formula is C12H18O2S. The highest BCUT2D eigenvalue weighted by atomic mass is 32.2. The van der Waals surface area contributed by atoms with Crippen LogP contribution in [0, 0.1) is 11.8 Å². The SMILES string of the molecule is [2H][C@]1(S(=O)(=O)C(C)(C)C)C(=C)[C@H]2C=C[C@@H]1C2. The molecule has 0 aromatic heterocycles. The van der Waals surface area contributed by atoms with Crippen molar-refractivity contribution in [2.45, 2.75) is 37.2 Å². The number of sulfone groups is 1. The van der Waals surface area contributed by atoms with E-state index in [0.29, 0.717) is 5.57 Å². The van der Waals surface area contributed by atoms with Gasteiger partial charge in [-0.3, -0.25) is 0 Å². The standard InChI is InChI=1S/C12H18O2S/c1-8-9-5-6-10(7-9)11(8)15(13,14)12(2,3)4/h5-6,9-11H,1,7H2,2-4H3/t9-,10+,11-/m0/s1/i11D. The van der Waals surface area contributed by atoms with Crippen LogP contribution in [0.1, 0.15) is 28.6 Å². The Hall–Kier alpha value is -0.570. The summed E-state index contributed by atoms with van der Waals surface area (Å²) in [5.41, 5.74) is 0.551. The van der Waals surface area contributed by atoms with Crippen molar-refractivity contribution in [2.75, 3.05) is 0 Å². The molecule has 0 radical (unpaired) electrons. The maximum absolute atomic E-state index is 12.5. The smallest absolute Gasteiger partial charge is 0.162 e. The molecule has 2 aliphatic carbocycles. The van der Waals surface area contributed by atoms with Gasteiger partial charge in [0, 0.05) is 0 Å². The van der Waals surface area contributed by atoms with Crippen LogP contribution in [0.3, 0.4) is 0 Å². The molecule has 2 aliphatic rings. The molecule has 1 fully saturated rings. The number of rotatable bonds is 1. The second kappa shape index (κ2) is 2.97. The maximum atomic E-state index is 12.5. The Bertz CT molecular complexity index is 470. The van der Waals surface area contributed by atoms with Gasteiger partial charge >= 0.3 is 0 Å². The van der Waals surface area contributed by atoms with E-state index in [1.54, 1.807) is 20.8 Å². The minimum absolute atomic E-state index is 0.0830. The van der Waals surface area contributed by atoms with E-state index >= 15 is 0 Å². The van der Waals surface area contributed by atoms with Crippen molar-refractivity contribution in [1.82, 2.24) is 0 Å². The normalized spacial score (nSPS) is 41.0. The lowest BCUT2D eigenvalue weighted by Crippen LogP contribution is -2.40. The lowest BCUT2D eigenvalue weighted by atomic mass is 10.0. The summed E-state index contributed by atoms with van der Waals surface area (Å²) >= 11 is 0. The Morgan fingerprint density at radius 3 is 2.47 bits per heavy atom. The summed E-state index contributed by atoms with van der Waals surface area (Å²) in [5.74, 6) is -0.131. The van der Waals surface area contributed by atoms with Crippen LogP contribution in [0.5, 0.6) is 0 Å². The predicted octanol–water partition coefficient (Wildman–Crippen LogP) is 2.33. The van der Waals surface area contributed by atoms with E-state index in [9.17, 15) is 8.42 Å². The molecule has 1 saturated carbocycles. The Morgan fingerprint density at radius 2 is 2.07 bits per heavy atom. The largest absolute Gasteiger partial charge is 0.228 e. The van der Waals surface area contributed by atoms with E-state index in [2.05, 4.69) is 6.58 Å². The van der Waals surface area contributed by atoms with Gasteiger partial charge in [0.1, 0.15) is 0 Å². The lowest BCUT2D eigenvalue weighted by molar-refractivity contribution is 0.538. The topological polar surface area (TPSA) is 34.1 Å². The van der Waals surface area contributed by atoms with Crippen molar-refractivity contribution < 1.29 is 9.79 Å². The van der Waals surface area contributed by atoms with Crippen LogP contribution in [0.4, 0.5) is 0 Å². The summed E-state index contributed by atoms with van der Waals surface area (Å²) in [4.78, 5) is 0. The third-order valence-corrected chi connectivity index (χ3v) is 6.04. The van der Waals surface area contributed by atoms with Crippen LogP contribution in [-0.4, -0.2) is 18.4 Å². The van der Waals surface area contributed by atoms with Gasteiger partial charge in [0.25, 0.3) is 0 Å². The Labute approximate surface area is 93.4 Å². The van der Waals surface area contributed by atoms with Crippen LogP contribution >= 0.6 is 0 Å². The number of hydrogen-bond donors (Lipinski definition) is 0. The molecule has 0 unspecified atom stereocenters. The number of hydrogen-bond acceptors (Lipinski definition) is 2. The van der Waals surface area contributed by atoms with Gasteiger partial charge < -0.3 is 0 Å². The molecule has 2 rings (SSSR count). The van der Waals surface area contributed by atoms with Crippen LogP contribution in [0.25, 0.3) is 0 Å².